The van der Waals surface area contributed by atoms with Crippen LogP contribution in [0.3, 0.4) is 0 Å². The Bertz CT molecular complexity index is 643. The summed E-state index contributed by atoms with van der Waals surface area (Å²) in [6.07, 6.45) is 0. The average molecular weight is 281 g/mol. The standard InChI is InChI=1S/C15H14F3NO/c1-8-3-4-14(20)11(5-8)9(2)19-13-7-10(16)6-12(17)15(13)18/h3-7,9,19-20H,1-2H3. The third-order valence-corrected chi connectivity index (χ3v) is 3.01. The molecule has 0 saturated carbocycles. The van der Waals surface area contributed by atoms with Crippen molar-refractivity contribution in [3.05, 3.63) is 58.9 Å². The van der Waals surface area contributed by atoms with Gasteiger partial charge in [-0.05, 0) is 19.9 Å². The van der Waals surface area contributed by atoms with Gasteiger partial charge in [-0.2, -0.15) is 0 Å². The fourth-order valence-corrected chi connectivity index (χ4v) is 1.99. The molecule has 0 spiro atoms. The van der Waals surface area contributed by atoms with Crippen molar-refractivity contribution in [2.45, 2.75) is 19.9 Å². The van der Waals surface area contributed by atoms with Crippen LogP contribution in [0.5, 0.6) is 5.75 Å². The van der Waals surface area contributed by atoms with E-state index in [9.17, 15) is 18.3 Å². The van der Waals surface area contributed by atoms with E-state index >= 15 is 0 Å². The van der Waals surface area contributed by atoms with Crippen LogP contribution in [-0.4, -0.2) is 5.11 Å². The maximum atomic E-state index is 13.6. The minimum Gasteiger partial charge on any atom is -0.508 e. The molecule has 2 rings (SSSR count). The number of phenolic OH excluding ortho intramolecular Hbond substituents is 1. The summed E-state index contributed by atoms with van der Waals surface area (Å²) in [5.41, 5.74) is 1.15. The number of nitrogens with one attached hydrogen (secondary N) is 1. The molecule has 0 bridgehead atoms. The minimum atomic E-state index is -1.26. The van der Waals surface area contributed by atoms with Gasteiger partial charge in [0.1, 0.15) is 11.6 Å². The lowest BCUT2D eigenvalue weighted by Crippen LogP contribution is -2.09. The number of aromatic hydroxyl groups is 1. The van der Waals surface area contributed by atoms with Gasteiger partial charge < -0.3 is 10.4 Å². The Morgan fingerprint density at radius 2 is 1.80 bits per heavy atom. The molecule has 2 N–H and O–H groups in total. The zero-order valence-electron chi connectivity index (χ0n) is 11.0. The highest BCUT2D eigenvalue weighted by molar-refractivity contribution is 5.49. The Balaban J connectivity index is 2.32. The highest BCUT2D eigenvalue weighted by Gasteiger charge is 2.16. The molecule has 5 heteroatoms. The van der Waals surface area contributed by atoms with Crippen LogP contribution in [0, 0.1) is 24.4 Å². The lowest BCUT2D eigenvalue weighted by molar-refractivity contribution is 0.464. The maximum Gasteiger partial charge on any atom is 0.182 e. The number of phenols is 1. The smallest absolute Gasteiger partial charge is 0.182 e. The number of hydrogen-bond donors (Lipinski definition) is 2. The Hall–Kier alpha value is -2.17. The van der Waals surface area contributed by atoms with Gasteiger partial charge in [0.2, 0.25) is 0 Å². The molecule has 1 atom stereocenters. The van der Waals surface area contributed by atoms with E-state index in [0.29, 0.717) is 11.6 Å². The second-order valence-corrected chi connectivity index (χ2v) is 4.68. The van der Waals surface area contributed by atoms with Crippen LogP contribution in [0.25, 0.3) is 0 Å². The molecule has 0 aliphatic rings. The Kier molecular flexibility index (Phi) is 3.88. The summed E-state index contributed by atoms with van der Waals surface area (Å²) in [7, 11) is 0. The molecule has 106 valence electrons. The summed E-state index contributed by atoms with van der Waals surface area (Å²) >= 11 is 0. The van der Waals surface area contributed by atoms with Crippen LogP contribution in [0.4, 0.5) is 18.9 Å². The zero-order valence-corrected chi connectivity index (χ0v) is 11.0. The largest absolute Gasteiger partial charge is 0.508 e. The van der Waals surface area contributed by atoms with E-state index in [1.165, 1.54) is 6.07 Å². The van der Waals surface area contributed by atoms with E-state index in [4.69, 9.17) is 0 Å². The highest BCUT2D eigenvalue weighted by atomic mass is 19.2. The molecule has 0 radical (unpaired) electrons. The predicted molar refractivity (Wildman–Crippen MR) is 71.2 cm³/mol. The quantitative estimate of drug-likeness (QED) is 0.822. The number of halogens is 3. The van der Waals surface area contributed by atoms with Crippen LogP contribution in [0.1, 0.15) is 24.1 Å². The van der Waals surface area contributed by atoms with Gasteiger partial charge in [0.05, 0.1) is 11.7 Å². The molecular formula is C15H14F3NO. The Labute approximate surface area is 114 Å². The fourth-order valence-electron chi connectivity index (χ4n) is 1.99. The van der Waals surface area contributed by atoms with Crippen molar-refractivity contribution in [1.82, 2.24) is 0 Å². The number of anilines is 1. The molecule has 0 aliphatic carbocycles. The summed E-state index contributed by atoms with van der Waals surface area (Å²) in [6.45, 7) is 3.51. The van der Waals surface area contributed by atoms with Gasteiger partial charge in [-0.3, -0.25) is 0 Å². The number of rotatable bonds is 3. The lowest BCUT2D eigenvalue weighted by Gasteiger charge is -2.18. The number of benzene rings is 2. The third-order valence-electron chi connectivity index (χ3n) is 3.01. The molecule has 1 unspecified atom stereocenters. The molecule has 2 aromatic carbocycles. The number of hydrogen-bond acceptors (Lipinski definition) is 2. The van der Waals surface area contributed by atoms with Crippen molar-refractivity contribution in [2.75, 3.05) is 5.32 Å². The van der Waals surface area contributed by atoms with E-state index in [-0.39, 0.29) is 11.4 Å². The molecule has 0 aromatic heterocycles. The summed E-state index contributed by atoms with van der Waals surface area (Å²) < 4.78 is 39.8. The average Bonchev–Trinajstić information content (AvgIpc) is 2.38. The van der Waals surface area contributed by atoms with Crippen LogP contribution >= 0.6 is 0 Å². The van der Waals surface area contributed by atoms with E-state index in [2.05, 4.69) is 5.32 Å². The van der Waals surface area contributed by atoms with Crippen molar-refractivity contribution < 1.29 is 18.3 Å². The maximum absolute atomic E-state index is 13.6. The fraction of sp³-hybridized carbons (Fsp3) is 0.200. The molecule has 0 heterocycles. The van der Waals surface area contributed by atoms with Gasteiger partial charge >= 0.3 is 0 Å². The van der Waals surface area contributed by atoms with Crippen LogP contribution in [0.2, 0.25) is 0 Å². The molecule has 2 nitrogen and oxygen atoms in total. The molecule has 0 fully saturated rings. The van der Waals surface area contributed by atoms with Gasteiger partial charge in [0.15, 0.2) is 11.6 Å². The molecular weight excluding hydrogens is 267 g/mol. The first-order chi connectivity index (χ1) is 9.38. The van der Waals surface area contributed by atoms with Gasteiger partial charge in [-0.1, -0.05) is 17.7 Å². The first-order valence-corrected chi connectivity index (χ1v) is 6.09. The lowest BCUT2D eigenvalue weighted by atomic mass is 10.0. The van der Waals surface area contributed by atoms with E-state index < -0.39 is 23.5 Å². The van der Waals surface area contributed by atoms with Crippen LogP contribution in [-0.2, 0) is 0 Å². The summed E-state index contributed by atoms with van der Waals surface area (Å²) in [5.74, 6) is -3.24. The van der Waals surface area contributed by atoms with E-state index in [1.54, 1.807) is 19.1 Å². The topological polar surface area (TPSA) is 32.3 Å². The zero-order chi connectivity index (χ0) is 14.9. The van der Waals surface area contributed by atoms with Crippen molar-refractivity contribution >= 4 is 5.69 Å². The van der Waals surface area contributed by atoms with Crippen LogP contribution < -0.4 is 5.32 Å². The summed E-state index contributed by atoms with van der Waals surface area (Å²) in [6, 6.07) is 5.82. The SMILES string of the molecule is Cc1ccc(O)c(C(C)Nc2cc(F)cc(F)c2F)c1. The molecule has 0 amide bonds. The van der Waals surface area contributed by atoms with Crippen LogP contribution in [0.15, 0.2) is 30.3 Å². The Morgan fingerprint density at radius 1 is 1.10 bits per heavy atom. The Morgan fingerprint density at radius 3 is 2.50 bits per heavy atom. The first-order valence-electron chi connectivity index (χ1n) is 6.09. The van der Waals surface area contributed by atoms with Gasteiger partial charge in [-0.15, -0.1) is 0 Å². The van der Waals surface area contributed by atoms with E-state index in [0.717, 1.165) is 11.6 Å². The van der Waals surface area contributed by atoms with Gasteiger partial charge in [-0.25, -0.2) is 13.2 Å². The third kappa shape index (κ3) is 2.87. The summed E-state index contributed by atoms with van der Waals surface area (Å²) in [5, 5.41) is 12.4. The van der Waals surface area contributed by atoms with Crippen molar-refractivity contribution in [1.29, 1.82) is 0 Å². The molecule has 2 aromatic rings. The summed E-state index contributed by atoms with van der Waals surface area (Å²) in [4.78, 5) is 0. The van der Waals surface area contributed by atoms with Crippen molar-refractivity contribution in [2.24, 2.45) is 0 Å². The molecule has 20 heavy (non-hydrogen) atoms. The predicted octanol–water partition coefficient (Wildman–Crippen LogP) is 4.29. The second kappa shape index (κ2) is 5.45. The molecule has 0 saturated heterocycles. The van der Waals surface area contributed by atoms with Crippen molar-refractivity contribution in [3.63, 3.8) is 0 Å². The van der Waals surface area contributed by atoms with Gasteiger partial charge in [0, 0.05) is 17.7 Å². The minimum absolute atomic E-state index is 0.0351. The van der Waals surface area contributed by atoms with Gasteiger partial charge in [0.25, 0.3) is 0 Å². The second-order valence-electron chi connectivity index (χ2n) is 4.68. The van der Waals surface area contributed by atoms with Crippen molar-refractivity contribution in [3.8, 4) is 5.75 Å². The number of aryl methyl sites for hydroxylation is 1. The monoisotopic (exact) mass is 281 g/mol. The normalized spacial score (nSPS) is 12.2. The van der Waals surface area contributed by atoms with E-state index in [1.807, 2.05) is 6.92 Å². The highest BCUT2D eigenvalue weighted by Crippen LogP contribution is 2.29. The first kappa shape index (κ1) is 14.2. The molecule has 0 aliphatic heterocycles.